The lowest BCUT2D eigenvalue weighted by atomic mass is 10.1. The van der Waals surface area contributed by atoms with Gasteiger partial charge in [-0.15, -0.1) is 11.8 Å². The minimum absolute atomic E-state index is 0.405. The summed E-state index contributed by atoms with van der Waals surface area (Å²) in [4.78, 5) is 31.9. The number of Topliss-reactive ketones (excluding diaryl/α,β-unsaturated/α-hetero) is 1. The summed E-state index contributed by atoms with van der Waals surface area (Å²) in [6.07, 6.45) is 3.56. The summed E-state index contributed by atoms with van der Waals surface area (Å²) >= 11 is 1.65. The summed E-state index contributed by atoms with van der Waals surface area (Å²) in [5.74, 6) is -0.400. The second-order valence-corrected chi connectivity index (χ2v) is 7.02. The van der Waals surface area contributed by atoms with Crippen molar-refractivity contribution in [2.75, 3.05) is 12.3 Å². The third-order valence-electron chi connectivity index (χ3n) is 4.24. The van der Waals surface area contributed by atoms with Gasteiger partial charge in [-0.3, -0.25) is 9.59 Å². The number of aromatic amines is 2. The summed E-state index contributed by atoms with van der Waals surface area (Å²) in [5, 5.41) is 4.64. The van der Waals surface area contributed by atoms with Crippen molar-refractivity contribution in [1.29, 1.82) is 0 Å². The zero-order chi connectivity index (χ0) is 17.9. The van der Waals surface area contributed by atoms with Crippen LogP contribution in [0.3, 0.4) is 0 Å². The van der Waals surface area contributed by atoms with Crippen molar-refractivity contribution in [3.8, 4) is 0 Å². The first-order valence-electron chi connectivity index (χ1n) is 8.31. The highest BCUT2D eigenvalue weighted by Crippen LogP contribution is 2.27. The van der Waals surface area contributed by atoms with E-state index in [1.807, 2.05) is 48.7 Å². The van der Waals surface area contributed by atoms with E-state index >= 15 is 0 Å². The van der Waals surface area contributed by atoms with Crippen LogP contribution in [-0.2, 0) is 4.79 Å². The molecule has 6 heteroatoms. The molecular formula is C20H17N3O2S. The Labute approximate surface area is 154 Å². The third-order valence-corrected chi connectivity index (χ3v) is 5.29. The van der Waals surface area contributed by atoms with Gasteiger partial charge in [0.05, 0.1) is 5.56 Å². The number of H-pyrrole nitrogens is 2. The number of rotatable bonds is 6. The molecule has 130 valence electrons. The molecule has 0 aliphatic heterocycles. The SMILES string of the molecule is O=C(NCCSc1c[nH]c2ccccc12)C(=O)c1c[nH]c2ccccc12. The topological polar surface area (TPSA) is 77.8 Å². The minimum atomic E-state index is -0.575. The molecule has 0 aliphatic carbocycles. The van der Waals surface area contributed by atoms with E-state index in [9.17, 15) is 9.59 Å². The van der Waals surface area contributed by atoms with Crippen LogP contribution in [0.4, 0.5) is 0 Å². The number of carbonyl (C=O) groups excluding carboxylic acids is 2. The first kappa shape index (κ1) is 16.5. The first-order valence-corrected chi connectivity index (χ1v) is 9.30. The van der Waals surface area contributed by atoms with Gasteiger partial charge in [-0.25, -0.2) is 0 Å². The van der Waals surface area contributed by atoms with Crippen molar-refractivity contribution in [3.05, 3.63) is 66.5 Å². The second kappa shape index (κ2) is 7.09. The zero-order valence-corrected chi connectivity index (χ0v) is 14.7. The van der Waals surface area contributed by atoms with Crippen molar-refractivity contribution in [2.45, 2.75) is 4.90 Å². The molecule has 1 amide bonds. The van der Waals surface area contributed by atoms with Crippen LogP contribution in [0.25, 0.3) is 21.8 Å². The monoisotopic (exact) mass is 363 g/mol. The van der Waals surface area contributed by atoms with E-state index in [4.69, 9.17) is 0 Å². The molecule has 2 aromatic heterocycles. The summed E-state index contributed by atoms with van der Waals surface area (Å²) in [6, 6.07) is 15.5. The third kappa shape index (κ3) is 3.11. The highest BCUT2D eigenvalue weighted by Gasteiger charge is 2.19. The van der Waals surface area contributed by atoms with E-state index in [0.29, 0.717) is 17.9 Å². The van der Waals surface area contributed by atoms with Gasteiger partial charge in [-0.05, 0) is 12.1 Å². The van der Waals surface area contributed by atoms with E-state index in [1.165, 1.54) is 5.39 Å². The molecule has 5 nitrogen and oxygen atoms in total. The molecule has 0 radical (unpaired) electrons. The molecule has 0 bridgehead atoms. The molecule has 0 saturated carbocycles. The van der Waals surface area contributed by atoms with Gasteiger partial charge in [0.1, 0.15) is 0 Å². The van der Waals surface area contributed by atoms with E-state index < -0.39 is 11.7 Å². The molecule has 0 spiro atoms. The van der Waals surface area contributed by atoms with Crippen LogP contribution in [0.5, 0.6) is 0 Å². The molecule has 0 fully saturated rings. The van der Waals surface area contributed by atoms with Crippen LogP contribution in [-0.4, -0.2) is 34.0 Å². The van der Waals surface area contributed by atoms with Crippen LogP contribution in [0, 0.1) is 0 Å². The molecular weight excluding hydrogens is 346 g/mol. The first-order chi connectivity index (χ1) is 12.7. The molecule has 0 atom stereocenters. The van der Waals surface area contributed by atoms with Crippen molar-refractivity contribution >= 4 is 45.3 Å². The van der Waals surface area contributed by atoms with Gasteiger partial charge in [0.2, 0.25) is 0 Å². The molecule has 0 unspecified atom stereocenters. The van der Waals surface area contributed by atoms with E-state index in [-0.39, 0.29) is 0 Å². The molecule has 2 heterocycles. The Kier molecular flexibility index (Phi) is 4.50. The van der Waals surface area contributed by atoms with Gasteiger partial charge in [0, 0.05) is 51.4 Å². The number of ketones is 1. The standard InChI is InChI=1S/C20H17N3O2S/c24-19(15-11-22-16-7-3-1-5-13(15)16)20(25)21-9-10-26-18-12-23-17-8-4-2-6-14(17)18/h1-8,11-12,22-23H,9-10H2,(H,21,25). The second-order valence-electron chi connectivity index (χ2n) is 5.88. The number of thioether (sulfide) groups is 1. The summed E-state index contributed by atoms with van der Waals surface area (Å²) in [7, 11) is 0. The molecule has 4 rings (SSSR count). The Balaban J connectivity index is 1.34. The van der Waals surface area contributed by atoms with Gasteiger partial charge in [0.25, 0.3) is 11.7 Å². The number of carbonyl (C=O) groups is 2. The Hall–Kier alpha value is -2.99. The summed E-state index contributed by atoms with van der Waals surface area (Å²) in [5.41, 5.74) is 2.34. The van der Waals surface area contributed by atoms with Crippen LogP contribution in [0.15, 0.2) is 65.8 Å². The molecule has 0 saturated heterocycles. The predicted octanol–water partition coefficient (Wildman–Crippen LogP) is 3.74. The largest absolute Gasteiger partial charge is 0.360 e. The number of hydrogen-bond donors (Lipinski definition) is 3. The number of hydrogen-bond acceptors (Lipinski definition) is 3. The smallest absolute Gasteiger partial charge is 0.292 e. The zero-order valence-electron chi connectivity index (χ0n) is 13.9. The normalized spacial score (nSPS) is 11.1. The minimum Gasteiger partial charge on any atom is -0.360 e. The highest BCUT2D eigenvalue weighted by atomic mass is 32.2. The lowest BCUT2D eigenvalue weighted by Gasteiger charge is -2.04. The lowest BCUT2D eigenvalue weighted by Crippen LogP contribution is -2.32. The average molecular weight is 363 g/mol. The molecule has 2 aromatic carbocycles. The molecule has 26 heavy (non-hydrogen) atoms. The van der Waals surface area contributed by atoms with E-state index in [1.54, 1.807) is 18.0 Å². The number of aromatic nitrogens is 2. The van der Waals surface area contributed by atoms with Crippen molar-refractivity contribution in [3.63, 3.8) is 0 Å². The van der Waals surface area contributed by atoms with Gasteiger partial charge >= 0.3 is 0 Å². The summed E-state index contributed by atoms with van der Waals surface area (Å²) in [6.45, 7) is 0.428. The number of amides is 1. The maximum Gasteiger partial charge on any atom is 0.292 e. The maximum atomic E-state index is 12.4. The van der Waals surface area contributed by atoms with Gasteiger partial charge in [0.15, 0.2) is 0 Å². The molecule has 0 aliphatic rings. The fourth-order valence-corrected chi connectivity index (χ4v) is 3.85. The lowest BCUT2D eigenvalue weighted by molar-refractivity contribution is -0.116. The fourth-order valence-electron chi connectivity index (χ4n) is 2.95. The van der Waals surface area contributed by atoms with Gasteiger partial charge in [-0.1, -0.05) is 36.4 Å². The van der Waals surface area contributed by atoms with Crippen LogP contribution in [0.2, 0.25) is 0 Å². The van der Waals surface area contributed by atoms with Crippen molar-refractivity contribution in [1.82, 2.24) is 15.3 Å². The van der Waals surface area contributed by atoms with Crippen LogP contribution in [0.1, 0.15) is 10.4 Å². The predicted molar refractivity (Wildman–Crippen MR) is 105 cm³/mol. The van der Waals surface area contributed by atoms with Crippen molar-refractivity contribution in [2.24, 2.45) is 0 Å². The number of fused-ring (bicyclic) bond motifs is 2. The Morgan fingerprint density at radius 1 is 0.885 bits per heavy atom. The van der Waals surface area contributed by atoms with E-state index in [0.717, 1.165) is 21.3 Å². The quantitative estimate of drug-likeness (QED) is 0.211. The fraction of sp³-hybridized carbons (Fsp3) is 0.100. The van der Waals surface area contributed by atoms with Crippen LogP contribution >= 0.6 is 11.8 Å². The maximum absolute atomic E-state index is 12.4. The number of benzene rings is 2. The van der Waals surface area contributed by atoms with E-state index in [2.05, 4.69) is 21.4 Å². The summed E-state index contributed by atoms with van der Waals surface area (Å²) < 4.78 is 0. The number of para-hydroxylation sites is 2. The molecule has 4 aromatic rings. The van der Waals surface area contributed by atoms with Crippen molar-refractivity contribution < 1.29 is 9.59 Å². The Morgan fingerprint density at radius 2 is 1.54 bits per heavy atom. The number of nitrogens with one attached hydrogen (secondary N) is 3. The Bertz CT molecular complexity index is 1100. The Morgan fingerprint density at radius 3 is 2.35 bits per heavy atom. The van der Waals surface area contributed by atoms with Crippen LogP contribution < -0.4 is 5.32 Å². The van der Waals surface area contributed by atoms with Gasteiger partial charge in [-0.2, -0.15) is 0 Å². The average Bonchev–Trinajstić information content (AvgIpc) is 3.29. The van der Waals surface area contributed by atoms with Gasteiger partial charge < -0.3 is 15.3 Å². The highest BCUT2D eigenvalue weighted by molar-refractivity contribution is 7.99. The molecule has 3 N–H and O–H groups in total.